The van der Waals surface area contributed by atoms with E-state index in [2.05, 4.69) is 10.9 Å². The first-order valence-corrected chi connectivity index (χ1v) is 8.04. The second-order valence-electron chi connectivity index (χ2n) is 5.58. The molecule has 0 bridgehead atoms. The number of rotatable bonds is 6. The van der Waals surface area contributed by atoms with Crippen LogP contribution in [0.15, 0.2) is 51.8 Å². The maximum absolute atomic E-state index is 14.6. The SMILES string of the molecule is C#C/C=C\C=C(\F)CCn1c(C)c(-c2cccc(OC)c2F)c(=O)[nH]c1=O. The molecule has 5 nitrogen and oxygen atoms in total. The zero-order valence-corrected chi connectivity index (χ0v) is 14.9. The van der Waals surface area contributed by atoms with Gasteiger partial charge in [0.05, 0.1) is 12.7 Å². The monoisotopic (exact) mass is 372 g/mol. The van der Waals surface area contributed by atoms with E-state index in [1.165, 1.54) is 55.0 Å². The van der Waals surface area contributed by atoms with E-state index in [1.807, 2.05) is 0 Å². The van der Waals surface area contributed by atoms with E-state index in [9.17, 15) is 18.4 Å². The summed E-state index contributed by atoms with van der Waals surface area (Å²) >= 11 is 0. The summed E-state index contributed by atoms with van der Waals surface area (Å²) in [5.74, 6) is 0.989. The van der Waals surface area contributed by atoms with Gasteiger partial charge in [-0.05, 0) is 25.1 Å². The van der Waals surface area contributed by atoms with Crippen molar-refractivity contribution in [1.29, 1.82) is 0 Å². The van der Waals surface area contributed by atoms with Crippen molar-refractivity contribution in [3.63, 3.8) is 0 Å². The molecule has 0 atom stereocenters. The van der Waals surface area contributed by atoms with Crippen molar-refractivity contribution in [3.8, 4) is 29.2 Å². The lowest BCUT2D eigenvalue weighted by molar-refractivity contribution is 0.387. The van der Waals surface area contributed by atoms with Crippen LogP contribution in [0.2, 0.25) is 0 Å². The average Bonchev–Trinajstić information content (AvgIpc) is 2.63. The Morgan fingerprint density at radius 1 is 1.41 bits per heavy atom. The minimum absolute atomic E-state index is 0.00480. The predicted molar refractivity (Wildman–Crippen MR) is 99.8 cm³/mol. The Kier molecular flexibility index (Phi) is 6.50. The van der Waals surface area contributed by atoms with Crippen LogP contribution in [-0.4, -0.2) is 16.7 Å². The molecule has 0 aliphatic heterocycles. The summed E-state index contributed by atoms with van der Waals surface area (Å²) in [6.45, 7) is 1.47. The lowest BCUT2D eigenvalue weighted by atomic mass is 10.0. The van der Waals surface area contributed by atoms with Crippen molar-refractivity contribution in [1.82, 2.24) is 9.55 Å². The van der Waals surface area contributed by atoms with Crippen LogP contribution >= 0.6 is 0 Å². The Morgan fingerprint density at radius 3 is 2.81 bits per heavy atom. The summed E-state index contributed by atoms with van der Waals surface area (Å²) in [7, 11) is 1.31. The average molecular weight is 372 g/mol. The van der Waals surface area contributed by atoms with E-state index in [1.54, 1.807) is 0 Å². The Labute approximate surface area is 154 Å². The molecule has 0 spiro atoms. The van der Waals surface area contributed by atoms with E-state index in [-0.39, 0.29) is 35.5 Å². The number of methoxy groups -OCH3 is 1. The zero-order valence-electron chi connectivity index (χ0n) is 14.9. The standard InChI is InChI=1S/C20H18F2N2O3/c1-4-5-6-8-14(21)11-12-24-13(2)17(19(25)23-20(24)26)15-9-7-10-16(27-3)18(15)22/h1,5-10H,11-12H2,2-3H3,(H,23,25,26)/b6-5-,14-8+. The lowest BCUT2D eigenvalue weighted by Gasteiger charge is -2.14. The number of hydrogen-bond donors (Lipinski definition) is 1. The Balaban J connectivity index is 2.49. The quantitative estimate of drug-likeness (QED) is 0.626. The Hall–Kier alpha value is -3.40. The normalized spacial score (nSPS) is 11.6. The van der Waals surface area contributed by atoms with Gasteiger partial charge >= 0.3 is 5.69 Å². The van der Waals surface area contributed by atoms with Gasteiger partial charge in [0.25, 0.3) is 5.56 Å². The van der Waals surface area contributed by atoms with Crippen LogP contribution < -0.4 is 16.0 Å². The molecule has 1 aromatic heterocycles. The number of hydrogen-bond acceptors (Lipinski definition) is 3. The minimum atomic E-state index is -0.728. The van der Waals surface area contributed by atoms with Gasteiger partial charge in [-0.15, -0.1) is 6.42 Å². The lowest BCUT2D eigenvalue weighted by Crippen LogP contribution is -2.33. The minimum Gasteiger partial charge on any atom is -0.494 e. The number of aromatic nitrogens is 2. The molecule has 0 aliphatic carbocycles. The Bertz CT molecular complexity index is 1060. The highest BCUT2D eigenvalue weighted by Gasteiger charge is 2.18. The van der Waals surface area contributed by atoms with Gasteiger partial charge in [0.1, 0.15) is 5.83 Å². The Morgan fingerprint density at radius 2 is 2.15 bits per heavy atom. The fraction of sp³-hybridized carbons (Fsp3) is 0.200. The van der Waals surface area contributed by atoms with Gasteiger partial charge in [-0.2, -0.15) is 0 Å². The number of ether oxygens (including phenoxy) is 1. The molecule has 0 amide bonds. The number of nitrogens with one attached hydrogen (secondary N) is 1. The zero-order chi connectivity index (χ0) is 20.0. The highest BCUT2D eigenvalue weighted by Crippen LogP contribution is 2.28. The largest absolute Gasteiger partial charge is 0.494 e. The van der Waals surface area contributed by atoms with Crippen LogP contribution in [0.1, 0.15) is 12.1 Å². The molecule has 0 aliphatic rings. The summed E-state index contributed by atoms with van der Waals surface area (Å²) in [5, 5.41) is 0. The fourth-order valence-electron chi connectivity index (χ4n) is 2.64. The van der Waals surface area contributed by atoms with Crippen molar-refractivity contribution < 1.29 is 13.5 Å². The summed E-state index contributed by atoms with van der Waals surface area (Å²) in [6, 6.07) is 4.36. The van der Waals surface area contributed by atoms with Gasteiger partial charge in [0.15, 0.2) is 11.6 Å². The molecule has 0 unspecified atom stereocenters. The molecule has 0 saturated heterocycles. The molecule has 1 aromatic carbocycles. The number of aromatic amines is 1. The third-order valence-corrected chi connectivity index (χ3v) is 3.96. The van der Waals surface area contributed by atoms with Crippen LogP contribution in [0.5, 0.6) is 5.75 Å². The number of H-pyrrole nitrogens is 1. The molecular formula is C20H18F2N2O3. The van der Waals surface area contributed by atoms with Gasteiger partial charge in [0, 0.05) is 24.2 Å². The van der Waals surface area contributed by atoms with Crippen LogP contribution in [-0.2, 0) is 6.54 Å². The van der Waals surface area contributed by atoms with Crippen molar-refractivity contribution in [2.75, 3.05) is 7.11 Å². The third kappa shape index (κ3) is 4.42. The van der Waals surface area contributed by atoms with E-state index in [4.69, 9.17) is 11.2 Å². The third-order valence-electron chi connectivity index (χ3n) is 3.96. The molecule has 1 N–H and O–H groups in total. The fourth-order valence-corrected chi connectivity index (χ4v) is 2.64. The number of benzene rings is 1. The summed E-state index contributed by atoms with van der Waals surface area (Å²) < 4.78 is 34.5. The highest BCUT2D eigenvalue weighted by atomic mass is 19.1. The molecule has 2 aromatic rings. The molecule has 140 valence electrons. The molecule has 0 saturated carbocycles. The van der Waals surface area contributed by atoms with Gasteiger partial charge in [0.2, 0.25) is 0 Å². The number of terminal acetylenes is 1. The second kappa shape index (κ2) is 8.81. The van der Waals surface area contributed by atoms with Crippen molar-refractivity contribution in [3.05, 3.63) is 74.6 Å². The van der Waals surface area contributed by atoms with Gasteiger partial charge in [-0.25, -0.2) is 13.6 Å². The van der Waals surface area contributed by atoms with Crippen molar-refractivity contribution in [2.24, 2.45) is 0 Å². The molecule has 0 radical (unpaired) electrons. The smallest absolute Gasteiger partial charge is 0.328 e. The highest BCUT2D eigenvalue weighted by molar-refractivity contribution is 5.67. The van der Waals surface area contributed by atoms with Gasteiger partial charge < -0.3 is 4.74 Å². The van der Waals surface area contributed by atoms with E-state index in [0.29, 0.717) is 0 Å². The molecule has 27 heavy (non-hydrogen) atoms. The van der Waals surface area contributed by atoms with E-state index in [0.717, 1.165) is 0 Å². The van der Waals surface area contributed by atoms with Gasteiger partial charge in [-0.1, -0.05) is 24.1 Å². The van der Waals surface area contributed by atoms with Crippen molar-refractivity contribution >= 4 is 0 Å². The second-order valence-corrected chi connectivity index (χ2v) is 5.58. The maximum atomic E-state index is 14.6. The summed E-state index contributed by atoms with van der Waals surface area (Å²) in [4.78, 5) is 26.6. The number of halogens is 2. The van der Waals surface area contributed by atoms with E-state index >= 15 is 0 Å². The predicted octanol–water partition coefficient (Wildman–Crippen LogP) is 3.09. The topological polar surface area (TPSA) is 64.1 Å². The van der Waals surface area contributed by atoms with Crippen LogP contribution in [0, 0.1) is 25.1 Å². The number of nitrogens with zero attached hydrogens (tertiary/aromatic N) is 1. The summed E-state index contributed by atoms with van der Waals surface area (Å²) in [6.07, 6.45) is 8.83. The van der Waals surface area contributed by atoms with E-state index < -0.39 is 22.9 Å². The molecule has 2 rings (SSSR count). The first-order valence-electron chi connectivity index (χ1n) is 8.04. The van der Waals surface area contributed by atoms with Crippen LogP contribution in [0.25, 0.3) is 11.1 Å². The summed E-state index contributed by atoms with van der Waals surface area (Å²) in [5.41, 5.74) is -1.22. The molecule has 7 heteroatoms. The first kappa shape index (κ1) is 19.9. The van der Waals surface area contributed by atoms with Crippen LogP contribution in [0.3, 0.4) is 0 Å². The number of allylic oxidation sites excluding steroid dienone is 4. The first-order chi connectivity index (χ1) is 12.9. The molecule has 1 heterocycles. The van der Waals surface area contributed by atoms with Gasteiger partial charge in [-0.3, -0.25) is 14.3 Å². The molecular weight excluding hydrogens is 354 g/mol. The molecule has 0 fully saturated rings. The van der Waals surface area contributed by atoms with Crippen LogP contribution in [0.4, 0.5) is 8.78 Å². The maximum Gasteiger partial charge on any atom is 0.328 e. The van der Waals surface area contributed by atoms with Crippen molar-refractivity contribution in [2.45, 2.75) is 19.9 Å².